The maximum atomic E-state index is 5.55. The lowest BCUT2D eigenvalue weighted by Gasteiger charge is -2.11. The number of nitrogens with one attached hydrogen (secondary N) is 1. The van der Waals surface area contributed by atoms with Gasteiger partial charge < -0.3 is 11.1 Å². The molecular formula is C11H22N4. The Labute approximate surface area is 91.8 Å². The Kier molecular flexibility index (Phi) is 4.78. The molecule has 1 atom stereocenters. The molecule has 0 unspecified atom stereocenters. The topological polar surface area (TPSA) is 55.9 Å². The van der Waals surface area contributed by atoms with Gasteiger partial charge in [0.1, 0.15) is 0 Å². The molecule has 0 saturated carbocycles. The highest BCUT2D eigenvalue weighted by Gasteiger charge is 2.06. The number of rotatable bonds is 6. The molecule has 4 nitrogen and oxygen atoms in total. The smallest absolute Gasteiger partial charge is 0.0625 e. The molecule has 4 heteroatoms. The fourth-order valence-corrected chi connectivity index (χ4v) is 1.47. The minimum atomic E-state index is 0.357. The lowest BCUT2D eigenvalue weighted by atomic mass is 10.3. The second-order valence-corrected chi connectivity index (χ2v) is 3.81. The van der Waals surface area contributed by atoms with Crippen molar-refractivity contribution in [2.75, 3.05) is 6.54 Å². The Balaban J connectivity index is 2.62. The van der Waals surface area contributed by atoms with E-state index in [9.17, 15) is 0 Å². The quantitative estimate of drug-likeness (QED) is 0.733. The highest BCUT2D eigenvalue weighted by Crippen LogP contribution is 2.05. The van der Waals surface area contributed by atoms with Gasteiger partial charge in [0, 0.05) is 25.7 Å². The first kappa shape index (κ1) is 12.2. The van der Waals surface area contributed by atoms with E-state index in [1.807, 2.05) is 0 Å². The third-order valence-corrected chi connectivity index (χ3v) is 2.56. The van der Waals surface area contributed by atoms with Crippen LogP contribution < -0.4 is 11.1 Å². The molecule has 0 aliphatic carbocycles. The fourth-order valence-electron chi connectivity index (χ4n) is 1.47. The number of hydrogen-bond acceptors (Lipinski definition) is 3. The third-order valence-electron chi connectivity index (χ3n) is 2.56. The zero-order chi connectivity index (χ0) is 11.3. The average molecular weight is 210 g/mol. The summed E-state index contributed by atoms with van der Waals surface area (Å²) in [6.07, 6.45) is 0.993. The van der Waals surface area contributed by atoms with Crippen LogP contribution in [0.25, 0.3) is 0 Å². The molecular weight excluding hydrogens is 188 g/mol. The summed E-state index contributed by atoms with van der Waals surface area (Å²) in [4.78, 5) is 0. The van der Waals surface area contributed by atoms with Gasteiger partial charge in [-0.3, -0.25) is 4.68 Å². The van der Waals surface area contributed by atoms with Crippen molar-refractivity contribution < 1.29 is 0 Å². The molecule has 0 radical (unpaired) electrons. The van der Waals surface area contributed by atoms with Gasteiger partial charge in [-0.1, -0.05) is 6.92 Å². The van der Waals surface area contributed by atoms with Crippen LogP contribution in [-0.2, 0) is 19.5 Å². The first-order chi connectivity index (χ1) is 7.21. The van der Waals surface area contributed by atoms with Crippen LogP contribution in [0, 0.1) is 0 Å². The van der Waals surface area contributed by atoms with Gasteiger partial charge in [0.2, 0.25) is 0 Å². The van der Waals surface area contributed by atoms with Gasteiger partial charge in [0.15, 0.2) is 0 Å². The second kappa shape index (κ2) is 5.88. The largest absolute Gasteiger partial charge is 0.329 e. The van der Waals surface area contributed by atoms with Gasteiger partial charge >= 0.3 is 0 Å². The van der Waals surface area contributed by atoms with E-state index in [4.69, 9.17) is 5.73 Å². The van der Waals surface area contributed by atoms with Crippen LogP contribution in [0.4, 0.5) is 0 Å². The number of hydrogen-bond donors (Lipinski definition) is 2. The molecule has 1 rings (SSSR count). The molecule has 15 heavy (non-hydrogen) atoms. The van der Waals surface area contributed by atoms with Crippen LogP contribution in [0.2, 0.25) is 0 Å². The summed E-state index contributed by atoms with van der Waals surface area (Å²) in [5, 5.41) is 7.87. The zero-order valence-corrected chi connectivity index (χ0v) is 9.95. The van der Waals surface area contributed by atoms with Crippen LogP contribution in [0.5, 0.6) is 0 Å². The van der Waals surface area contributed by atoms with Crippen molar-refractivity contribution in [1.29, 1.82) is 0 Å². The summed E-state index contributed by atoms with van der Waals surface area (Å²) in [5.74, 6) is 0. The molecule has 0 aliphatic heterocycles. The molecule has 0 spiro atoms. The number of aromatic nitrogens is 2. The van der Waals surface area contributed by atoms with Gasteiger partial charge in [-0.05, 0) is 26.3 Å². The van der Waals surface area contributed by atoms with Gasteiger partial charge in [-0.15, -0.1) is 0 Å². The zero-order valence-electron chi connectivity index (χ0n) is 9.95. The van der Waals surface area contributed by atoms with Crippen LogP contribution >= 0.6 is 0 Å². The molecule has 0 saturated heterocycles. The van der Waals surface area contributed by atoms with E-state index in [2.05, 4.69) is 41.9 Å². The van der Waals surface area contributed by atoms with Gasteiger partial charge in [0.05, 0.1) is 11.4 Å². The predicted molar refractivity (Wildman–Crippen MR) is 62.6 cm³/mol. The Bertz CT molecular complexity index is 293. The highest BCUT2D eigenvalue weighted by atomic mass is 15.3. The Morgan fingerprint density at radius 1 is 1.53 bits per heavy atom. The van der Waals surface area contributed by atoms with Gasteiger partial charge in [-0.25, -0.2) is 0 Å². The van der Waals surface area contributed by atoms with E-state index in [-0.39, 0.29) is 0 Å². The number of nitrogens with two attached hydrogens (primary N) is 1. The summed E-state index contributed by atoms with van der Waals surface area (Å²) in [6, 6.07) is 2.52. The first-order valence-corrected chi connectivity index (χ1v) is 5.70. The van der Waals surface area contributed by atoms with Crippen LogP contribution in [0.1, 0.15) is 32.2 Å². The normalized spacial score (nSPS) is 13.1. The molecule has 1 heterocycles. The van der Waals surface area contributed by atoms with Gasteiger partial charge in [-0.2, -0.15) is 5.10 Å². The van der Waals surface area contributed by atoms with Crippen LogP contribution in [-0.4, -0.2) is 22.4 Å². The van der Waals surface area contributed by atoms with Crippen molar-refractivity contribution in [2.45, 2.75) is 46.3 Å². The summed E-state index contributed by atoms with van der Waals surface area (Å²) in [5.41, 5.74) is 7.96. The lowest BCUT2D eigenvalue weighted by Crippen LogP contribution is -2.33. The van der Waals surface area contributed by atoms with Crippen molar-refractivity contribution in [2.24, 2.45) is 5.73 Å². The van der Waals surface area contributed by atoms with Crippen molar-refractivity contribution in [3.8, 4) is 0 Å². The minimum absolute atomic E-state index is 0.357. The molecule has 3 N–H and O–H groups in total. The SMILES string of the molecule is CCc1cc(CN[C@H](C)CN)n(CC)n1. The molecule has 1 aromatic heterocycles. The molecule has 0 bridgehead atoms. The Hall–Kier alpha value is -0.870. The highest BCUT2D eigenvalue weighted by molar-refractivity contribution is 5.10. The number of aryl methyl sites for hydroxylation is 2. The predicted octanol–water partition coefficient (Wildman–Crippen LogP) is 0.902. The maximum absolute atomic E-state index is 5.55. The second-order valence-electron chi connectivity index (χ2n) is 3.81. The average Bonchev–Trinajstić information content (AvgIpc) is 2.68. The summed E-state index contributed by atoms with van der Waals surface area (Å²) in [7, 11) is 0. The molecule has 0 aromatic carbocycles. The van der Waals surface area contributed by atoms with Crippen LogP contribution in [0.15, 0.2) is 6.07 Å². The molecule has 0 amide bonds. The van der Waals surface area contributed by atoms with E-state index >= 15 is 0 Å². The summed E-state index contributed by atoms with van der Waals surface area (Å²) < 4.78 is 2.05. The summed E-state index contributed by atoms with van der Waals surface area (Å²) >= 11 is 0. The molecule has 0 aliphatic rings. The monoisotopic (exact) mass is 210 g/mol. The van der Waals surface area contributed by atoms with Gasteiger partial charge in [0.25, 0.3) is 0 Å². The molecule has 1 aromatic rings. The first-order valence-electron chi connectivity index (χ1n) is 5.70. The van der Waals surface area contributed by atoms with E-state index in [0.29, 0.717) is 12.6 Å². The molecule has 0 fully saturated rings. The Morgan fingerprint density at radius 2 is 2.27 bits per heavy atom. The van der Waals surface area contributed by atoms with E-state index in [1.165, 1.54) is 5.69 Å². The van der Waals surface area contributed by atoms with Crippen molar-refractivity contribution in [3.63, 3.8) is 0 Å². The fraction of sp³-hybridized carbons (Fsp3) is 0.727. The van der Waals surface area contributed by atoms with E-state index in [0.717, 1.165) is 25.2 Å². The van der Waals surface area contributed by atoms with Crippen molar-refractivity contribution in [3.05, 3.63) is 17.5 Å². The Morgan fingerprint density at radius 3 is 2.80 bits per heavy atom. The number of nitrogens with zero attached hydrogens (tertiary/aromatic N) is 2. The van der Waals surface area contributed by atoms with E-state index in [1.54, 1.807) is 0 Å². The van der Waals surface area contributed by atoms with Crippen molar-refractivity contribution in [1.82, 2.24) is 15.1 Å². The van der Waals surface area contributed by atoms with E-state index < -0.39 is 0 Å². The summed E-state index contributed by atoms with van der Waals surface area (Å²) in [6.45, 7) is 8.77. The lowest BCUT2D eigenvalue weighted by molar-refractivity contribution is 0.521. The van der Waals surface area contributed by atoms with Crippen LogP contribution in [0.3, 0.4) is 0 Å². The minimum Gasteiger partial charge on any atom is -0.329 e. The van der Waals surface area contributed by atoms with Crippen molar-refractivity contribution >= 4 is 0 Å². The third kappa shape index (κ3) is 3.32. The standard InChI is InChI=1S/C11H22N4/c1-4-10-6-11(15(5-2)14-10)8-13-9(3)7-12/h6,9,13H,4-5,7-8,12H2,1-3H3/t9-/m1/s1. The molecule has 86 valence electrons. The maximum Gasteiger partial charge on any atom is 0.0625 e.